The molecule has 5 nitrogen and oxygen atoms in total. The third-order valence-electron chi connectivity index (χ3n) is 4.73. The molecule has 0 N–H and O–H groups in total. The van der Waals surface area contributed by atoms with E-state index in [2.05, 4.69) is 15.9 Å². The summed E-state index contributed by atoms with van der Waals surface area (Å²) in [6.45, 7) is 2.80. The highest BCUT2D eigenvalue weighted by Crippen LogP contribution is 2.44. The summed E-state index contributed by atoms with van der Waals surface area (Å²) >= 11 is 3.64. The van der Waals surface area contributed by atoms with E-state index in [1.807, 2.05) is 37.3 Å². The summed E-state index contributed by atoms with van der Waals surface area (Å²) in [6, 6.07) is 9.28. The van der Waals surface area contributed by atoms with Gasteiger partial charge in [-0.1, -0.05) is 46.3 Å². The van der Waals surface area contributed by atoms with Crippen molar-refractivity contribution in [2.75, 3.05) is 20.2 Å². The Balaban J connectivity index is 2.08. The Morgan fingerprint density at radius 3 is 2.70 bits per heavy atom. The Labute approximate surface area is 144 Å². The van der Waals surface area contributed by atoms with Gasteiger partial charge in [0.25, 0.3) is 5.91 Å². The Bertz CT molecular complexity index is 609. The van der Waals surface area contributed by atoms with Crippen LogP contribution in [0.2, 0.25) is 0 Å². The summed E-state index contributed by atoms with van der Waals surface area (Å²) in [6.07, 6.45) is 1.59. The quantitative estimate of drug-likeness (QED) is 0.753. The van der Waals surface area contributed by atoms with Gasteiger partial charge in [-0.15, -0.1) is 0 Å². The number of carbonyl (C=O) groups excluding carboxylic acids is 2. The molecule has 6 heteroatoms. The molecular weight excluding hydrogens is 360 g/mol. The van der Waals surface area contributed by atoms with Crippen molar-refractivity contribution in [3.8, 4) is 0 Å². The second-order valence-electron chi connectivity index (χ2n) is 5.96. The Morgan fingerprint density at radius 1 is 1.35 bits per heavy atom. The minimum absolute atomic E-state index is 0.0454. The van der Waals surface area contributed by atoms with E-state index in [1.54, 1.807) is 11.9 Å². The number of fused-ring (bicyclic) bond motifs is 1. The van der Waals surface area contributed by atoms with Crippen molar-refractivity contribution in [3.63, 3.8) is 0 Å². The van der Waals surface area contributed by atoms with Crippen LogP contribution in [0.1, 0.15) is 30.2 Å². The van der Waals surface area contributed by atoms with Gasteiger partial charge in [-0.2, -0.15) is 0 Å². The van der Waals surface area contributed by atoms with Crippen LogP contribution in [-0.4, -0.2) is 53.6 Å². The monoisotopic (exact) mass is 380 g/mol. The highest BCUT2D eigenvalue weighted by atomic mass is 79.9. The van der Waals surface area contributed by atoms with Crippen molar-refractivity contribution >= 4 is 27.7 Å². The van der Waals surface area contributed by atoms with E-state index >= 15 is 0 Å². The zero-order valence-corrected chi connectivity index (χ0v) is 15.0. The van der Waals surface area contributed by atoms with Gasteiger partial charge in [0.1, 0.15) is 6.04 Å². The average Bonchev–Trinajstić information content (AvgIpc) is 3.07. The highest BCUT2D eigenvalue weighted by molar-refractivity contribution is 9.09. The van der Waals surface area contributed by atoms with Crippen LogP contribution < -0.4 is 0 Å². The number of alkyl halides is 1. The van der Waals surface area contributed by atoms with E-state index in [9.17, 15) is 9.59 Å². The van der Waals surface area contributed by atoms with E-state index in [4.69, 9.17) is 4.74 Å². The van der Waals surface area contributed by atoms with E-state index in [1.165, 1.54) is 4.90 Å². The molecule has 0 unspecified atom stereocenters. The third-order valence-corrected chi connectivity index (χ3v) is 5.88. The van der Waals surface area contributed by atoms with Crippen LogP contribution in [-0.2, 0) is 14.3 Å². The number of piperazine rings is 1. The topological polar surface area (TPSA) is 49.9 Å². The molecule has 0 bridgehead atoms. The molecule has 1 aromatic carbocycles. The first-order chi connectivity index (χ1) is 11.0. The minimum atomic E-state index is -1.34. The van der Waals surface area contributed by atoms with Gasteiger partial charge in [-0.25, -0.2) is 0 Å². The number of halogens is 1. The summed E-state index contributed by atoms with van der Waals surface area (Å²) in [7, 11) is 1.67. The second kappa shape index (κ2) is 6.24. The third kappa shape index (κ3) is 2.39. The van der Waals surface area contributed by atoms with Crippen LogP contribution in [0, 0.1) is 0 Å². The van der Waals surface area contributed by atoms with Crippen LogP contribution in [0.4, 0.5) is 0 Å². The van der Waals surface area contributed by atoms with E-state index in [-0.39, 0.29) is 17.9 Å². The Morgan fingerprint density at radius 2 is 2.04 bits per heavy atom. The van der Waals surface area contributed by atoms with Crippen LogP contribution in [0.3, 0.4) is 0 Å². The molecule has 0 aromatic heterocycles. The van der Waals surface area contributed by atoms with Crippen molar-refractivity contribution < 1.29 is 14.3 Å². The maximum Gasteiger partial charge on any atom is 0.278 e. The van der Waals surface area contributed by atoms with Crippen molar-refractivity contribution in [1.82, 2.24) is 9.80 Å². The molecule has 2 aliphatic heterocycles. The maximum absolute atomic E-state index is 13.3. The molecule has 0 spiro atoms. The summed E-state index contributed by atoms with van der Waals surface area (Å²) in [5.74, 6) is -0.175. The fourth-order valence-corrected chi connectivity index (χ4v) is 4.52. The smallest absolute Gasteiger partial charge is 0.278 e. The zero-order valence-electron chi connectivity index (χ0n) is 13.4. The van der Waals surface area contributed by atoms with E-state index < -0.39 is 10.6 Å². The Kier molecular flexibility index (Phi) is 4.47. The van der Waals surface area contributed by atoms with Crippen LogP contribution in [0.25, 0.3) is 0 Å². The molecule has 23 heavy (non-hydrogen) atoms. The van der Waals surface area contributed by atoms with Crippen LogP contribution in [0.15, 0.2) is 30.3 Å². The van der Waals surface area contributed by atoms with Crippen molar-refractivity contribution in [2.45, 2.75) is 36.4 Å². The molecule has 3 atom stereocenters. The summed E-state index contributed by atoms with van der Waals surface area (Å²) in [5, 5.41) is 0. The van der Waals surface area contributed by atoms with Gasteiger partial charge in [-0.05, 0) is 25.3 Å². The SMILES string of the molecule is CCO[C@]1([C@@H](Br)c2ccccc2)C(=O)N2CCC[C@H]2C(=O)N1C. The molecule has 2 aliphatic rings. The highest BCUT2D eigenvalue weighted by Gasteiger charge is 2.60. The largest absolute Gasteiger partial charge is 0.346 e. The van der Waals surface area contributed by atoms with Gasteiger partial charge < -0.3 is 14.5 Å². The van der Waals surface area contributed by atoms with E-state index in [0.717, 1.165) is 18.4 Å². The lowest BCUT2D eigenvalue weighted by Crippen LogP contribution is -2.71. The number of likely N-dealkylation sites (N-methyl/N-ethyl adjacent to an activating group) is 1. The van der Waals surface area contributed by atoms with E-state index in [0.29, 0.717) is 13.2 Å². The van der Waals surface area contributed by atoms with Gasteiger partial charge in [0.05, 0.1) is 4.83 Å². The molecule has 2 fully saturated rings. The van der Waals surface area contributed by atoms with Gasteiger partial charge in [0, 0.05) is 20.2 Å². The predicted octanol–water partition coefficient (Wildman–Crippen LogP) is 2.32. The number of ether oxygens (including phenoxy) is 1. The summed E-state index contributed by atoms with van der Waals surface area (Å²) in [5.41, 5.74) is -0.430. The van der Waals surface area contributed by atoms with Crippen molar-refractivity contribution in [1.29, 1.82) is 0 Å². The standard InChI is InChI=1S/C17H21BrN2O3/c1-3-23-17(14(18)12-8-5-4-6-9-12)16(22)20-11-7-10-13(20)15(21)19(17)2/h4-6,8-9,13-14H,3,7,10-11H2,1-2H3/t13-,14-,17+/m0/s1. The zero-order chi connectivity index (χ0) is 16.6. The molecular formula is C17H21BrN2O3. The molecule has 3 rings (SSSR count). The van der Waals surface area contributed by atoms with Gasteiger partial charge in [0.2, 0.25) is 11.6 Å². The first kappa shape index (κ1) is 16.5. The van der Waals surface area contributed by atoms with Crippen LogP contribution in [0.5, 0.6) is 0 Å². The number of hydrogen-bond donors (Lipinski definition) is 0. The normalized spacial score (nSPS) is 28.9. The second-order valence-corrected chi connectivity index (χ2v) is 6.87. The maximum atomic E-state index is 13.3. The molecule has 0 aliphatic carbocycles. The lowest BCUT2D eigenvalue weighted by Gasteiger charge is -2.50. The predicted molar refractivity (Wildman–Crippen MR) is 90.0 cm³/mol. The number of benzene rings is 1. The molecule has 2 heterocycles. The lowest BCUT2D eigenvalue weighted by atomic mass is 9.94. The fourth-order valence-electron chi connectivity index (χ4n) is 3.58. The molecule has 2 saturated heterocycles. The van der Waals surface area contributed by atoms with Gasteiger partial charge in [-0.3, -0.25) is 9.59 Å². The number of amides is 2. The first-order valence-electron chi connectivity index (χ1n) is 7.95. The van der Waals surface area contributed by atoms with Crippen molar-refractivity contribution in [3.05, 3.63) is 35.9 Å². The molecule has 1 aromatic rings. The molecule has 2 amide bonds. The summed E-state index contributed by atoms with van der Waals surface area (Å²) in [4.78, 5) is 28.8. The average molecular weight is 381 g/mol. The lowest BCUT2D eigenvalue weighted by molar-refractivity contribution is -0.205. The molecule has 0 saturated carbocycles. The number of rotatable bonds is 4. The van der Waals surface area contributed by atoms with Crippen molar-refractivity contribution in [2.24, 2.45) is 0 Å². The Hall–Kier alpha value is -1.40. The van der Waals surface area contributed by atoms with Gasteiger partial charge >= 0.3 is 0 Å². The van der Waals surface area contributed by atoms with Crippen LogP contribution >= 0.6 is 15.9 Å². The number of carbonyl (C=O) groups is 2. The number of nitrogens with zero attached hydrogens (tertiary/aromatic N) is 2. The fraction of sp³-hybridized carbons (Fsp3) is 0.529. The minimum Gasteiger partial charge on any atom is -0.346 e. The molecule has 0 radical (unpaired) electrons. The van der Waals surface area contributed by atoms with Gasteiger partial charge in [0.15, 0.2) is 0 Å². The number of hydrogen-bond acceptors (Lipinski definition) is 3. The first-order valence-corrected chi connectivity index (χ1v) is 8.87. The molecule has 124 valence electrons. The summed E-state index contributed by atoms with van der Waals surface area (Å²) < 4.78 is 5.96.